The number of halogens is 1. The second kappa shape index (κ2) is 9.28. The molecular formula is C20H23ClN2O4. The van der Waals surface area contributed by atoms with Gasteiger partial charge in [-0.25, -0.2) is 0 Å². The molecular weight excluding hydrogens is 368 g/mol. The Hall–Kier alpha value is -2.73. The minimum atomic E-state index is -0.368. The molecule has 0 aliphatic rings. The highest BCUT2D eigenvalue weighted by atomic mass is 35.5. The van der Waals surface area contributed by atoms with Crippen molar-refractivity contribution in [3.8, 4) is 11.5 Å². The number of nitrogens with zero attached hydrogens (tertiary/aromatic N) is 1. The maximum atomic E-state index is 12.6. The first-order valence-corrected chi connectivity index (χ1v) is 8.86. The van der Waals surface area contributed by atoms with E-state index >= 15 is 0 Å². The largest absolute Gasteiger partial charge is 0.495 e. The lowest BCUT2D eigenvalue weighted by molar-refractivity contribution is -0.120. The number of anilines is 2. The lowest BCUT2D eigenvalue weighted by Gasteiger charge is -2.23. The van der Waals surface area contributed by atoms with E-state index in [0.29, 0.717) is 27.9 Å². The van der Waals surface area contributed by atoms with Gasteiger partial charge in [0.15, 0.2) is 0 Å². The van der Waals surface area contributed by atoms with Crippen molar-refractivity contribution >= 4 is 34.8 Å². The third-order valence-corrected chi connectivity index (χ3v) is 3.87. The van der Waals surface area contributed by atoms with Crippen LogP contribution in [0.3, 0.4) is 0 Å². The van der Waals surface area contributed by atoms with Gasteiger partial charge in [-0.2, -0.15) is 0 Å². The quantitative estimate of drug-likeness (QED) is 0.771. The van der Waals surface area contributed by atoms with Gasteiger partial charge in [0.1, 0.15) is 18.0 Å². The van der Waals surface area contributed by atoms with Crippen LogP contribution in [-0.4, -0.2) is 31.6 Å². The van der Waals surface area contributed by atoms with Crippen molar-refractivity contribution in [3.63, 3.8) is 0 Å². The second-order valence-corrected chi connectivity index (χ2v) is 6.57. The molecule has 0 saturated carbocycles. The molecule has 0 aliphatic carbocycles. The molecule has 144 valence electrons. The Labute approximate surface area is 164 Å². The highest BCUT2D eigenvalue weighted by molar-refractivity contribution is 6.31. The van der Waals surface area contributed by atoms with Crippen molar-refractivity contribution in [1.82, 2.24) is 0 Å². The van der Waals surface area contributed by atoms with Gasteiger partial charge in [-0.05, 0) is 44.2 Å². The fourth-order valence-electron chi connectivity index (χ4n) is 2.50. The van der Waals surface area contributed by atoms with Gasteiger partial charge < -0.3 is 14.8 Å². The van der Waals surface area contributed by atoms with Crippen LogP contribution in [0.25, 0.3) is 0 Å². The topological polar surface area (TPSA) is 67.9 Å². The molecule has 1 N–H and O–H groups in total. The zero-order valence-electron chi connectivity index (χ0n) is 15.8. The van der Waals surface area contributed by atoms with Gasteiger partial charge in [-0.3, -0.25) is 14.5 Å². The molecule has 27 heavy (non-hydrogen) atoms. The first kappa shape index (κ1) is 20.6. The number of rotatable bonds is 7. The summed E-state index contributed by atoms with van der Waals surface area (Å²) in [6.07, 6.45) is -0.0347. The number of para-hydroxylation sites is 2. The smallest absolute Gasteiger partial charge is 0.244 e. The van der Waals surface area contributed by atoms with E-state index in [-0.39, 0.29) is 24.5 Å². The highest BCUT2D eigenvalue weighted by Crippen LogP contribution is 2.31. The third kappa shape index (κ3) is 5.62. The van der Waals surface area contributed by atoms with Gasteiger partial charge in [0, 0.05) is 11.9 Å². The van der Waals surface area contributed by atoms with E-state index in [1.165, 1.54) is 18.9 Å². The molecule has 0 fully saturated rings. The number of nitrogens with one attached hydrogen (secondary N) is 1. The number of amides is 2. The van der Waals surface area contributed by atoms with Crippen LogP contribution in [0.1, 0.15) is 20.8 Å². The van der Waals surface area contributed by atoms with Crippen LogP contribution < -0.4 is 19.7 Å². The van der Waals surface area contributed by atoms with Crippen molar-refractivity contribution in [2.75, 3.05) is 23.9 Å². The summed E-state index contributed by atoms with van der Waals surface area (Å²) in [5, 5.41) is 3.23. The molecule has 2 aromatic rings. The van der Waals surface area contributed by atoms with Gasteiger partial charge in [0.25, 0.3) is 0 Å². The van der Waals surface area contributed by atoms with E-state index in [1.54, 1.807) is 36.4 Å². The van der Waals surface area contributed by atoms with E-state index in [2.05, 4.69) is 5.32 Å². The monoisotopic (exact) mass is 390 g/mol. The van der Waals surface area contributed by atoms with Crippen molar-refractivity contribution in [1.29, 1.82) is 0 Å². The van der Waals surface area contributed by atoms with Crippen LogP contribution in [0, 0.1) is 0 Å². The molecule has 0 spiro atoms. The Morgan fingerprint density at radius 1 is 1.15 bits per heavy atom. The molecule has 2 rings (SSSR count). The minimum Gasteiger partial charge on any atom is -0.495 e. The van der Waals surface area contributed by atoms with Gasteiger partial charge in [-0.15, -0.1) is 0 Å². The van der Waals surface area contributed by atoms with Crippen LogP contribution in [0.2, 0.25) is 5.02 Å². The summed E-state index contributed by atoms with van der Waals surface area (Å²) in [5.41, 5.74) is 0.970. The van der Waals surface area contributed by atoms with Gasteiger partial charge >= 0.3 is 0 Å². The van der Waals surface area contributed by atoms with Crippen LogP contribution in [0.5, 0.6) is 11.5 Å². The molecule has 2 aromatic carbocycles. The Balaban J connectivity index is 2.22. The number of methoxy groups -OCH3 is 1. The van der Waals surface area contributed by atoms with E-state index in [1.807, 2.05) is 19.9 Å². The van der Waals surface area contributed by atoms with E-state index in [0.717, 1.165) is 0 Å². The molecule has 0 atom stereocenters. The molecule has 0 radical (unpaired) electrons. The SMILES string of the molecule is COc1ccc(Cl)cc1N(CC(=O)Nc1ccccc1OC(C)C)C(C)=O. The zero-order chi connectivity index (χ0) is 20.0. The Morgan fingerprint density at radius 3 is 2.48 bits per heavy atom. The number of benzene rings is 2. The first-order chi connectivity index (χ1) is 12.8. The fourth-order valence-corrected chi connectivity index (χ4v) is 2.67. The molecule has 0 unspecified atom stereocenters. The number of carbonyl (C=O) groups is 2. The normalized spacial score (nSPS) is 10.4. The number of hydrogen-bond acceptors (Lipinski definition) is 4. The highest BCUT2D eigenvalue weighted by Gasteiger charge is 2.20. The lowest BCUT2D eigenvalue weighted by atomic mass is 10.2. The van der Waals surface area contributed by atoms with Crippen LogP contribution in [-0.2, 0) is 9.59 Å². The molecule has 2 amide bonds. The molecule has 0 aliphatic heterocycles. The predicted molar refractivity (Wildman–Crippen MR) is 107 cm³/mol. The Kier molecular flexibility index (Phi) is 7.07. The minimum absolute atomic E-state index is 0.0347. The van der Waals surface area contributed by atoms with Crippen molar-refractivity contribution in [2.45, 2.75) is 26.9 Å². The van der Waals surface area contributed by atoms with Crippen molar-refractivity contribution in [3.05, 3.63) is 47.5 Å². The third-order valence-electron chi connectivity index (χ3n) is 3.64. The Bertz CT molecular complexity index is 823. The summed E-state index contributed by atoms with van der Waals surface area (Å²) in [7, 11) is 1.49. The molecule has 0 saturated heterocycles. The maximum Gasteiger partial charge on any atom is 0.244 e. The summed E-state index contributed by atoms with van der Waals surface area (Å²) in [6, 6.07) is 12.0. The number of ether oxygens (including phenoxy) is 2. The first-order valence-electron chi connectivity index (χ1n) is 8.49. The molecule has 0 bridgehead atoms. The average molecular weight is 391 g/mol. The van der Waals surface area contributed by atoms with Crippen LogP contribution >= 0.6 is 11.6 Å². The van der Waals surface area contributed by atoms with E-state index < -0.39 is 0 Å². The number of hydrogen-bond donors (Lipinski definition) is 1. The van der Waals surface area contributed by atoms with Crippen LogP contribution in [0.4, 0.5) is 11.4 Å². The van der Waals surface area contributed by atoms with Gasteiger partial charge in [0.05, 0.1) is 24.6 Å². The maximum absolute atomic E-state index is 12.6. The number of carbonyl (C=O) groups excluding carboxylic acids is 2. The van der Waals surface area contributed by atoms with Crippen molar-refractivity contribution < 1.29 is 19.1 Å². The summed E-state index contributed by atoms with van der Waals surface area (Å²) >= 11 is 6.05. The second-order valence-electron chi connectivity index (χ2n) is 6.13. The predicted octanol–water partition coefficient (Wildman–Crippen LogP) is 4.13. The standard InChI is InChI=1S/C20H23ClN2O4/c1-13(2)27-18-8-6-5-7-16(18)22-20(25)12-23(14(3)24)17-11-15(21)9-10-19(17)26-4/h5-11,13H,12H2,1-4H3,(H,22,25). The van der Waals surface area contributed by atoms with Crippen molar-refractivity contribution in [2.24, 2.45) is 0 Å². The zero-order valence-corrected chi connectivity index (χ0v) is 16.5. The summed E-state index contributed by atoms with van der Waals surface area (Å²) in [6.45, 7) is 4.99. The molecule has 7 heteroatoms. The van der Waals surface area contributed by atoms with E-state index in [4.69, 9.17) is 21.1 Å². The fraction of sp³-hybridized carbons (Fsp3) is 0.300. The van der Waals surface area contributed by atoms with E-state index in [9.17, 15) is 9.59 Å². The average Bonchev–Trinajstić information content (AvgIpc) is 2.60. The molecule has 0 heterocycles. The molecule has 0 aromatic heterocycles. The summed E-state index contributed by atoms with van der Waals surface area (Å²) in [4.78, 5) is 26.0. The van der Waals surface area contributed by atoms with Crippen LogP contribution in [0.15, 0.2) is 42.5 Å². The lowest BCUT2D eigenvalue weighted by Crippen LogP contribution is -2.37. The van der Waals surface area contributed by atoms with Gasteiger partial charge in [0.2, 0.25) is 11.8 Å². The van der Waals surface area contributed by atoms with Gasteiger partial charge in [-0.1, -0.05) is 23.7 Å². The Morgan fingerprint density at radius 2 is 1.85 bits per heavy atom. The summed E-state index contributed by atoms with van der Waals surface area (Å²) < 4.78 is 11.0. The summed E-state index contributed by atoms with van der Waals surface area (Å²) in [5.74, 6) is 0.339. The molecule has 6 nitrogen and oxygen atoms in total.